The summed E-state index contributed by atoms with van der Waals surface area (Å²) in [6.07, 6.45) is 0. The van der Waals surface area contributed by atoms with E-state index in [0.717, 1.165) is 0 Å². The maximum Gasteiger partial charge on any atom is 0.246 e. The van der Waals surface area contributed by atoms with Crippen molar-refractivity contribution < 1.29 is 8.42 Å². The van der Waals surface area contributed by atoms with Crippen LogP contribution in [0.3, 0.4) is 0 Å². The van der Waals surface area contributed by atoms with Gasteiger partial charge >= 0.3 is 0 Å². The lowest BCUT2D eigenvalue weighted by Crippen LogP contribution is -2.16. The van der Waals surface area contributed by atoms with Crippen LogP contribution in [-0.4, -0.2) is 20.7 Å². The van der Waals surface area contributed by atoms with E-state index in [9.17, 15) is 8.42 Å². The molecule has 0 radical (unpaired) electrons. The quantitative estimate of drug-likeness (QED) is 0.751. The van der Waals surface area contributed by atoms with Crippen LogP contribution in [0.1, 0.15) is 5.56 Å². The number of hydrogen-bond acceptors (Lipinski definition) is 4. The second-order valence-electron chi connectivity index (χ2n) is 3.07. The fourth-order valence-electron chi connectivity index (χ4n) is 1.12. The van der Waals surface area contributed by atoms with E-state index in [2.05, 4.69) is 16.6 Å². The van der Waals surface area contributed by atoms with Crippen LogP contribution < -0.4 is 10.5 Å². The number of sulfonamides is 1. The molecule has 17 heavy (non-hydrogen) atoms. The van der Waals surface area contributed by atoms with Crippen molar-refractivity contribution in [3.05, 3.63) is 29.8 Å². The van der Waals surface area contributed by atoms with Crippen molar-refractivity contribution in [1.29, 1.82) is 5.26 Å². The van der Waals surface area contributed by atoms with Crippen LogP contribution in [0.25, 0.3) is 0 Å². The van der Waals surface area contributed by atoms with Crippen LogP contribution in [0, 0.1) is 23.2 Å². The lowest BCUT2D eigenvalue weighted by molar-refractivity contribution is 0.604. The molecule has 0 atom stereocenters. The summed E-state index contributed by atoms with van der Waals surface area (Å²) in [6.45, 7) is 0.194. The van der Waals surface area contributed by atoms with Crippen molar-refractivity contribution in [2.24, 2.45) is 5.73 Å². The van der Waals surface area contributed by atoms with Crippen LogP contribution in [0.15, 0.2) is 24.3 Å². The number of para-hydroxylation sites is 1. The number of nitrogens with zero attached hydrogens (tertiary/aromatic N) is 1. The monoisotopic (exact) mass is 249 g/mol. The van der Waals surface area contributed by atoms with Crippen molar-refractivity contribution in [2.45, 2.75) is 0 Å². The van der Waals surface area contributed by atoms with E-state index in [0.29, 0.717) is 11.3 Å². The molecule has 0 aliphatic heterocycles. The van der Waals surface area contributed by atoms with Crippen molar-refractivity contribution in [3.63, 3.8) is 0 Å². The van der Waals surface area contributed by atoms with Gasteiger partial charge in [-0.2, -0.15) is 5.26 Å². The van der Waals surface area contributed by atoms with Crippen molar-refractivity contribution in [3.8, 4) is 17.9 Å². The summed E-state index contributed by atoms with van der Waals surface area (Å²) < 4.78 is 25.1. The van der Waals surface area contributed by atoms with Crippen molar-refractivity contribution in [2.75, 3.05) is 17.0 Å². The molecule has 6 heteroatoms. The SMILES string of the molecule is N#CCS(=O)(=O)Nc1ccccc1C#CCN. The molecular formula is C11H11N3O2S. The number of benzene rings is 1. The number of nitrogens with one attached hydrogen (secondary N) is 1. The van der Waals surface area contributed by atoms with Gasteiger partial charge in [-0.3, -0.25) is 4.72 Å². The zero-order valence-corrected chi connectivity index (χ0v) is 9.79. The normalized spacial score (nSPS) is 9.88. The Balaban J connectivity index is 3.04. The first-order chi connectivity index (χ1) is 8.09. The number of rotatable bonds is 3. The molecule has 0 bridgehead atoms. The van der Waals surface area contributed by atoms with Gasteiger partial charge in [0, 0.05) is 5.56 Å². The highest BCUT2D eigenvalue weighted by Crippen LogP contribution is 2.15. The highest BCUT2D eigenvalue weighted by Gasteiger charge is 2.11. The largest absolute Gasteiger partial charge is 0.320 e. The molecule has 1 aromatic rings. The van der Waals surface area contributed by atoms with Crippen molar-refractivity contribution >= 4 is 15.7 Å². The summed E-state index contributed by atoms with van der Waals surface area (Å²) in [5.41, 5.74) is 6.12. The summed E-state index contributed by atoms with van der Waals surface area (Å²) in [6, 6.07) is 8.25. The molecule has 0 spiro atoms. The summed E-state index contributed by atoms with van der Waals surface area (Å²) in [4.78, 5) is 0. The summed E-state index contributed by atoms with van der Waals surface area (Å²) >= 11 is 0. The molecule has 0 aliphatic rings. The van der Waals surface area contributed by atoms with Gasteiger partial charge in [0.25, 0.3) is 0 Å². The van der Waals surface area contributed by atoms with E-state index in [-0.39, 0.29) is 6.54 Å². The molecule has 88 valence electrons. The Bertz CT molecular complexity index is 591. The number of nitriles is 1. The summed E-state index contributed by atoms with van der Waals surface area (Å²) in [7, 11) is -3.64. The third-order valence-corrected chi connectivity index (χ3v) is 2.81. The fourth-order valence-corrected chi connectivity index (χ4v) is 1.87. The van der Waals surface area contributed by atoms with Gasteiger partial charge in [-0.15, -0.1) is 0 Å². The second kappa shape index (κ2) is 5.90. The lowest BCUT2D eigenvalue weighted by Gasteiger charge is -2.06. The molecule has 0 aliphatic carbocycles. The zero-order chi connectivity index (χ0) is 12.7. The Hall–Kier alpha value is -2.02. The Labute approximate surface area is 100 Å². The average Bonchev–Trinajstić information content (AvgIpc) is 2.27. The molecule has 5 nitrogen and oxygen atoms in total. The number of anilines is 1. The molecule has 0 fully saturated rings. The van der Waals surface area contributed by atoms with E-state index in [4.69, 9.17) is 11.0 Å². The van der Waals surface area contributed by atoms with Crippen LogP contribution in [-0.2, 0) is 10.0 Å². The molecule has 1 aromatic carbocycles. The van der Waals surface area contributed by atoms with E-state index in [1.807, 2.05) is 0 Å². The Morgan fingerprint density at radius 1 is 1.35 bits per heavy atom. The maximum absolute atomic E-state index is 11.4. The summed E-state index contributed by atoms with van der Waals surface area (Å²) in [5, 5.41) is 8.38. The minimum Gasteiger partial charge on any atom is -0.320 e. The molecule has 0 saturated heterocycles. The Kier molecular flexibility index (Phi) is 4.53. The third-order valence-electron chi connectivity index (χ3n) is 1.77. The first-order valence-electron chi connectivity index (χ1n) is 4.74. The summed E-state index contributed by atoms with van der Waals surface area (Å²) in [5.74, 6) is 4.80. The lowest BCUT2D eigenvalue weighted by atomic mass is 10.2. The van der Waals surface area contributed by atoms with E-state index in [1.54, 1.807) is 30.3 Å². The van der Waals surface area contributed by atoms with E-state index >= 15 is 0 Å². The van der Waals surface area contributed by atoms with Crippen LogP contribution in [0.2, 0.25) is 0 Å². The highest BCUT2D eigenvalue weighted by atomic mass is 32.2. The van der Waals surface area contributed by atoms with Gasteiger partial charge in [0.15, 0.2) is 5.75 Å². The standard InChI is InChI=1S/C11H11N3O2S/c12-7-3-5-10-4-1-2-6-11(10)14-17(15,16)9-8-13/h1-2,4,6,14H,7,9,12H2. The Morgan fingerprint density at radius 3 is 2.71 bits per heavy atom. The molecule has 0 saturated carbocycles. The van der Waals surface area contributed by atoms with Gasteiger partial charge in [0.1, 0.15) is 0 Å². The van der Waals surface area contributed by atoms with Gasteiger partial charge < -0.3 is 5.73 Å². The van der Waals surface area contributed by atoms with Gasteiger partial charge in [0.2, 0.25) is 10.0 Å². The minimum absolute atomic E-state index is 0.194. The van der Waals surface area contributed by atoms with Crippen LogP contribution in [0.5, 0.6) is 0 Å². The van der Waals surface area contributed by atoms with E-state index < -0.39 is 15.8 Å². The first-order valence-corrected chi connectivity index (χ1v) is 6.39. The minimum atomic E-state index is -3.64. The third kappa shape index (κ3) is 4.15. The predicted octanol–water partition coefficient (Wildman–Crippen LogP) is 0.262. The predicted molar refractivity (Wildman–Crippen MR) is 65.4 cm³/mol. The molecule has 0 unspecified atom stereocenters. The molecular weight excluding hydrogens is 238 g/mol. The highest BCUT2D eigenvalue weighted by molar-refractivity contribution is 7.92. The van der Waals surface area contributed by atoms with Gasteiger partial charge in [-0.25, -0.2) is 8.42 Å². The molecule has 0 heterocycles. The van der Waals surface area contributed by atoms with E-state index in [1.165, 1.54) is 0 Å². The molecule has 0 amide bonds. The number of nitrogens with two attached hydrogens (primary N) is 1. The van der Waals surface area contributed by atoms with Crippen LogP contribution in [0.4, 0.5) is 5.69 Å². The fraction of sp³-hybridized carbons (Fsp3) is 0.182. The second-order valence-corrected chi connectivity index (χ2v) is 4.79. The number of hydrogen-bond donors (Lipinski definition) is 2. The van der Waals surface area contributed by atoms with Gasteiger partial charge in [-0.05, 0) is 12.1 Å². The zero-order valence-electron chi connectivity index (χ0n) is 8.97. The Morgan fingerprint density at radius 2 is 2.06 bits per heavy atom. The smallest absolute Gasteiger partial charge is 0.246 e. The van der Waals surface area contributed by atoms with Gasteiger partial charge in [0.05, 0.1) is 18.3 Å². The molecule has 3 N–H and O–H groups in total. The molecule has 1 rings (SSSR count). The topological polar surface area (TPSA) is 96.0 Å². The van der Waals surface area contributed by atoms with Gasteiger partial charge in [-0.1, -0.05) is 24.0 Å². The maximum atomic E-state index is 11.4. The van der Waals surface area contributed by atoms with Crippen LogP contribution >= 0.6 is 0 Å². The van der Waals surface area contributed by atoms with Crippen molar-refractivity contribution in [1.82, 2.24) is 0 Å². The molecule has 0 aromatic heterocycles. The first kappa shape index (κ1) is 13.0. The average molecular weight is 249 g/mol.